The molecule has 0 amide bonds. The molecule has 10 rings (SSSR count). The van der Waals surface area contributed by atoms with Crippen LogP contribution in [-0.2, 0) is 5.41 Å². The molecular weight excluding hydrogens is 719 g/mol. The normalized spacial score (nSPS) is 11.7. The van der Waals surface area contributed by atoms with Gasteiger partial charge in [-0.2, -0.15) is 0 Å². The summed E-state index contributed by atoms with van der Waals surface area (Å²) in [6, 6.07) is 75.8. The molecule has 0 aliphatic rings. The van der Waals surface area contributed by atoms with Crippen LogP contribution in [0, 0.1) is 0 Å². The zero-order chi connectivity index (χ0) is 39.2. The van der Waals surface area contributed by atoms with Crippen LogP contribution in [0.2, 0.25) is 0 Å². The van der Waals surface area contributed by atoms with Gasteiger partial charge in [0.25, 0.3) is 0 Å². The van der Waals surface area contributed by atoms with E-state index in [9.17, 15) is 0 Å². The van der Waals surface area contributed by atoms with Gasteiger partial charge in [-0.3, -0.25) is 0 Å². The molecule has 0 spiro atoms. The number of hydrogen-bond donors (Lipinski definition) is 0. The van der Waals surface area contributed by atoms with Crippen LogP contribution >= 0.6 is 11.3 Å². The third-order valence-corrected chi connectivity index (χ3v) is 12.7. The average Bonchev–Trinajstić information content (AvgIpc) is 3.66. The zero-order valence-electron chi connectivity index (χ0n) is 33.0. The third kappa shape index (κ3) is 6.36. The Morgan fingerprint density at radius 1 is 0.397 bits per heavy atom. The molecule has 0 atom stereocenters. The summed E-state index contributed by atoms with van der Waals surface area (Å²) >= 11 is 1.88. The average molecular weight is 762 g/mol. The monoisotopic (exact) mass is 761 g/mol. The first kappa shape index (κ1) is 35.7. The summed E-state index contributed by atoms with van der Waals surface area (Å²) in [6.07, 6.45) is 0. The smallest absolute Gasteiger partial charge is 0.0540 e. The van der Waals surface area contributed by atoms with Crippen LogP contribution in [0.15, 0.2) is 206 Å². The summed E-state index contributed by atoms with van der Waals surface area (Å²) in [7, 11) is 0. The number of rotatable bonds is 7. The minimum Gasteiger partial charge on any atom is -0.309 e. The highest BCUT2D eigenvalue weighted by molar-refractivity contribution is 7.26. The van der Waals surface area contributed by atoms with Crippen LogP contribution in [-0.4, -0.2) is 0 Å². The Balaban J connectivity index is 1.25. The molecule has 1 heterocycles. The molecule has 0 fully saturated rings. The van der Waals surface area contributed by atoms with Crippen LogP contribution in [0.4, 0.5) is 17.1 Å². The van der Waals surface area contributed by atoms with E-state index in [-0.39, 0.29) is 5.41 Å². The van der Waals surface area contributed by atoms with Crippen LogP contribution < -0.4 is 4.90 Å². The van der Waals surface area contributed by atoms with Crippen LogP contribution in [0.25, 0.3) is 75.5 Å². The van der Waals surface area contributed by atoms with E-state index >= 15 is 0 Å². The number of hydrogen-bond acceptors (Lipinski definition) is 2. The molecule has 10 aromatic rings. The molecule has 1 nitrogen and oxygen atoms in total. The van der Waals surface area contributed by atoms with E-state index < -0.39 is 0 Å². The van der Waals surface area contributed by atoms with Gasteiger partial charge in [-0.1, -0.05) is 191 Å². The minimum atomic E-state index is -0.0234. The molecule has 0 bridgehead atoms. The molecule has 0 aliphatic carbocycles. The second-order valence-corrected chi connectivity index (χ2v) is 17.2. The number of thiophene rings is 1. The van der Waals surface area contributed by atoms with Crippen molar-refractivity contribution < 1.29 is 0 Å². The van der Waals surface area contributed by atoms with Crippen molar-refractivity contribution in [2.45, 2.75) is 26.2 Å². The summed E-state index contributed by atoms with van der Waals surface area (Å²) in [5.41, 5.74) is 14.3. The molecule has 0 saturated heterocycles. The standard InChI is InChI=1S/C56H43NS/c1-56(2,3)42-34-35-52(50(37-42)39-20-8-5-9-21-39)57(43-25-14-24-41(36-43)45-29-17-31-49-47-27-11-13-33-53(47)58-55(45)49)51-32-12-10-26-46(51)48-30-16-23-40-22-15-28-44(54(40)48)38-18-6-4-7-19-38/h4-37H,1-3H3. The highest BCUT2D eigenvalue weighted by Gasteiger charge is 2.25. The molecule has 0 N–H and O–H groups in total. The largest absolute Gasteiger partial charge is 0.309 e. The fourth-order valence-electron chi connectivity index (χ4n) is 8.56. The van der Waals surface area contributed by atoms with Crippen LogP contribution in [0.3, 0.4) is 0 Å². The van der Waals surface area contributed by atoms with Gasteiger partial charge in [-0.15, -0.1) is 11.3 Å². The maximum absolute atomic E-state index is 2.50. The van der Waals surface area contributed by atoms with Gasteiger partial charge in [0.05, 0.1) is 11.4 Å². The van der Waals surface area contributed by atoms with Gasteiger partial charge < -0.3 is 4.90 Å². The maximum Gasteiger partial charge on any atom is 0.0540 e. The lowest BCUT2D eigenvalue weighted by molar-refractivity contribution is 0.590. The SMILES string of the molecule is CC(C)(C)c1ccc(N(c2cccc(-c3cccc4c3sc3ccccc34)c2)c2ccccc2-c2cccc3cccc(-c4ccccc4)c23)c(-c2ccccc2)c1. The molecule has 0 aliphatic heterocycles. The van der Waals surface area contributed by atoms with E-state index in [0.29, 0.717) is 0 Å². The van der Waals surface area contributed by atoms with Crippen molar-refractivity contribution in [2.75, 3.05) is 4.90 Å². The van der Waals surface area contributed by atoms with Crippen LogP contribution in [0.5, 0.6) is 0 Å². The van der Waals surface area contributed by atoms with Gasteiger partial charge in [0.1, 0.15) is 0 Å². The zero-order valence-corrected chi connectivity index (χ0v) is 33.8. The Labute approximate surface area is 345 Å². The summed E-state index contributed by atoms with van der Waals surface area (Å²) in [4.78, 5) is 2.50. The summed E-state index contributed by atoms with van der Waals surface area (Å²) < 4.78 is 2.63. The predicted molar refractivity (Wildman–Crippen MR) is 252 cm³/mol. The lowest BCUT2D eigenvalue weighted by Gasteiger charge is -2.32. The van der Waals surface area contributed by atoms with Crippen molar-refractivity contribution in [1.29, 1.82) is 0 Å². The van der Waals surface area contributed by atoms with E-state index in [4.69, 9.17) is 0 Å². The maximum atomic E-state index is 2.50. The molecule has 58 heavy (non-hydrogen) atoms. The van der Waals surface area contributed by atoms with Crippen molar-refractivity contribution in [2.24, 2.45) is 0 Å². The lowest BCUT2D eigenvalue weighted by atomic mass is 9.84. The number of fused-ring (bicyclic) bond motifs is 4. The molecule has 278 valence electrons. The minimum absolute atomic E-state index is 0.0234. The first-order valence-electron chi connectivity index (χ1n) is 20.1. The number of anilines is 3. The second-order valence-electron chi connectivity index (χ2n) is 16.1. The van der Waals surface area contributed by atoms with Crippen molar-refractivity contribution in [3.05, 3.63) is 212 Å². The highest BCUT2D eigenvalue weighted by atomic mass is 32.1. The van der Waals surface area contributed by atoms with E-state index in [2.05, 4.69) is 232 Å². The molecule has 0 saturated carbocycles. The Morgan fingerprint density at radius 2 is 0.966 bits per heavy atom. The lowest BCUT2D eigenvalue weighted by Crippen LogP contribution is -2.15. The molecule has 0 radical (unpaired) electrons. The summed E-state index contributed by atoms with van der Waals surface area (Å²) in [5, 5.41) is 5.09. The second kappa shape index (κ2) is 14.6. The Bertz CT molecular complexity index is 3090. The summed E-state index contributed by atoms with van der Waals surface area (Å²) in [5.74, 6) is 0. The third-order valence-electron chi connectivity index (χ3n) is 11.4. The molecular formula is C56H43NS. The topological polar surface area (TPSA) is 3.24 Å². The molecule has 1 aromatic heterocycles. The van der Waals surface area contributed by atoms with Gasteiger partial charge in [0.15, 0.2) is 0 Å². The van der Waals surface area contributed by atoms with Crippen LogP contribution in [0.1, 0.15) is 26.3 Å². The fraction of sp³-hybridized carbons (Fsp3) is 0.0714. The molecule has 2 heteroatoms. The highest BCUT2D eigenvalue weighted by Crippen LogP contribution is 2.49. The fourth-order valence-corrected chi connectivity index (χ4v) is 9.80. The van der Waals surface area contributed by atoms with Gasteiger partial charge in [-0.05, 0) is 91.5 Å². The Morgan fingerprint density at radius 3 is 1.74 bits per heavy atom. The van der Waals surface area contributed by atoms with Crippen molar-refractivity contribution in [3.63, 3.8) is 0 Å². The van der Waals surface area contributed by atoms with Gasteiger partial charge in [0.2, 0.25) is 0 Å². The predicted octanol–water partition coefficient (Wildman–Crippen LogP) is 16.6. The summed E-state index contributed by atoms with van der Waals surface area (Å²) in [6.45, 7) is 6.90. The first-order valence-corrected chi connectivity index (χ1v) is 20.9. The number of benzene rings is 9. The Hall–Kier alpha value is -6.74. The van der Waals surface area contributed by atoms with E-state index in [0.717, 1.165) is 17.1 Å². The molecule has 9 aromatic carbocycles. The van der Waals surface area contributed by atoms with E-state index in [1.165, 1.54) is 81.0 Å². The number of nitrogens with zero attached hydrogens (tertiary/aromatic N) is 1. The Kier molecular flexibility index (Phi) is 9.00. The van der Waals surface area contributed by atoms with E-state index in [1.807, 2.05) is 11.3 Å². The van der Waals surface area contributed by atoms with Crippen molar-refractivity contribution in [3.8, 4) is 44.5 Å². The quantitative estimate of drug-likeness (QED) is 0.156. The van der Waals surface area contributed by atoms with E-state index in [1.54, 1.807) is 0 Å². The number of para-hydroxylation sites is 1. The first-order chi connectivity index (χ1) is 28.4. The van der Waals surface area contributed by atoms with Crippen molar-refractivity contribution >= 4 is 59.3 Å². The van der Waals surface area contributed by atoms with Crippen molar-refractivity contribution in [1.82, 2.24) is 0 Å². The molecule has 0 unspecified atom stereocenters. The van der Waals surface area contributed by atoms with Gasteiger partial charge in [0, 0.05) is 37.0 Å². The van der Waals surface area contributed by atoms with Gasteiger partial charge in [-0.25, -0.2) is 0 Å². The van der Waals surface area contributed by atoms with Gasteiger partial charge >= 0.3 is 0 Å².